The molecule has 0 aromatic heterocycles. The van der Waals surface area contributed by atoms with E-state index < -0.39 is 84.7 Å². The summed E-state index contributed by atoms with van der Waals surface area (Å²) in [5.41, 5.74) is -0.131. The highest BCUT2D eigenvalue weighted by Crippen LogP contribution is 2.42. The molecule has 1 aliphatic carbocycles. The zero-order valence-electron chi connectivity index (χ0n) is 19.1. The van der Waals surface area contributed by atoms with E-state index in [1.54, 1.807) is 21.0 Å². The fourth-order valence-electron chi connectivity index (χ4n) is 5.12. The van der Waals surface area contributed by atoms with Crippen molar-refractivity contribution in [2.24, 2.45) is 0 Å². The number of carbonyl (C=O) groups is 1. The highest BCUT2D eigenvalue weighted by atomic mass is 19.2. The van der Waals surface area contributed by atoms with Crippen LogP contribution in [-0.2, 0) is 25.4 Å². The van der Waals surface area contributed by atoms with Gasteiger partial charge < -0.3 is 45.5 Å². The van der Waals surface area contributed by atoms with Crippen LogP contribution in [0.25, 0.3) is 0 Å². The van der Waals surface area contributed by atoms with Crippen LogP contribution in [0.2, 0.25) is 0 Å². The third-order valence-corrected chi connectivity index (χ3v) is 6.87. The fourth-order valence-corrected chi connectivity index (χ4v) is 5.12. The van der Waals surface area contributed by atoms with Gasteiger partial charge in [-0.2, -0.15) is 0 Å². The molecule has 1 aromatic carbocycles. The Morgan fingerprint density at radius 1 is 1.12 bits per heavy atom. The Morgan fingerprint density at radius 3 is 2.50 bits per heavy atom. The molecular weight excluding hydrogens is 456 g/mol. The molecule has 3 aliphatic rings. The van der Waals surface area contributed by atoms with Crippen LogP contribution in [-0.4, -0.2) is 96.0 Å². The maximum absolute atomic E-state index is 14.0. The highest BCUT2D eigenvalue weighted by molar-refractivity contribution is 5.79. The third-order valence-electron chi connectivity index (χ3n) is 6.87. The summed E-state index contributed by atoms with van der Waals surface area (Å²) in [6.07, 6.45) is -6.33. The summed E-state index contributed by atoms with van der Waals surface area (Å²) < 4.78 is 45.3. The smallest absolute Gasteiger partial charge is 0.239 e. The minimum Gasteiger partial charge on any atom is -0.390 e. The summed E-state index contributed by atoms with van der Waals surface area (Å²) >= 11 is 0. The van der Waals surface area contributed by atoms with Gasteiger partial charge in [-0.3, -0.25) is 4.79 Å². The van der Waals surface area contributed by atoms with E-state index in [0.717, 1.165) is 6.07 Å². The average Bonchev–Trinajstić information content (AvgIpc) is 2.78. The average molecular weight is 488 g/mol. The van der Waals surface area contributed by atoms with Gasteiger partial charge in [0.1, 0.15) is 18.3 Å². The molecule has 10 nitrogen and oxygen atoms in total. The molecule has 1 amide bonds. The first-order valence-electron chi connectivity index (χ1n) is 11.2. The molecule has 6 N–H and O–H groups in total. The molecule has 2 heterocycles. The molecule has 1 saturated carbocycles. The number of aliphatic hydroxyl groups excluding tert-OH is 2. The van der Waals surface area contributed by atoms with Crippen molar-refractivity contribution < 1.29 is 43.1 Å². The maximum atomic E-state index is 14.0. The normalized spacial score (nSPS) is 41.9. The molecule has 2 aliphatic heterocycles. The summed E-state index contributed by atoms with van der Waals surface area (Å²) in [6.45, 7) is 1.72. The van der Waals surface area contributed by atoms with Crippen LogP contribution in [0.3, 0.4) is 0 Å². The second-order valence-electron chi connectivity index (χ2n) is 9.07. The molecule has 12 heteroatoms. The summed E-state index contributed by atoms with van der Waals surface area (Å²) in [7, 11) is 3.19. The topological polar surface area (TPSA) is 142 Å². The van der Waals surface area contributed by atoms with E-state index in [0.29, 0.717) is 0 Å². The fraction of sp³-hybridized carbons (Fsp3) is 0.682. The summed E-state index contributed by atoms with van der Waals surface area (Å²) in [6, 6.07) is 1.07. The van der Waals surface area contributed by atoms with Crippen LogP contribution in [0.5, 0.6) is 0 Å². The number of nitrogens with one attached hydrogen (secondary N) is 3. The minimum absolute atomic E-state index is 0.131. The number of benzene rings is 1. The summed E-state index contributed by atoms with van der Waals surface area (Å²) in [5, 5.41) is 41.4. The van der Waals surface area contributed by atoms with Gasteiger partial charge >= 0.3 is 0 Å². The van der Waals surface area contributed by atoms with Crippen LogP contribution in [0.1, 0.15) is 18.9 Å². The molecule has 4 unspecified atom stereocenters. The van der Waals surface area contributed by atoms with Gasteiger partial charge in [-0.25, -0.2) is 8.78 Å². The zero-order chi connectivity index (χ0) is 24.8. The first kappa shape index (κ1) is 25.3. The van der Waals surface area contributed by atoms with Crippen molar-refractivity contribution in [2.75, 3.05) is 14.1 Å². The van der Waals surface area contributed by atoms with Crippen LogP contribution < -0.4 is 16.0 Å². The van der Waals surface area contributed by atoms with Gasteiger partial charge in [-0.15, -0.1) is 0 Å². The monoisotopic (exact) mass is 487 g/mol. The number of ether oxygens (including phenoxy) is 3. The van der Waals surface area contributed by atoms with Crippen LogP contribution in [0, 0.1) is 11.6 Å². The van der Waals surface area contributed by atoms with Gasteiger partial charge in [0.2, 0.25) is 18.0 Å². The van der Waals surface area contributed by atoms with Crippen LogP contribution in [0.15, 0.2) is 18.2 Å². The third kappa shape index (κ3) is 4.33. The Morgan fingerprint density at radius 2 is 1.82 bits per heavy atom. The molecule has 34 heavy (non-hydrogen) atoms. The highest BCUT2D eigenvalue weighted by Gasteiger charge is 2.63. The quantitative estimate of drug-likeness (QED) is 0.293. The molecule has 10 atom stereocenters. The largest absolute Gasteiger partial charge is 0.390 e. The van der Waals surface area contributed by atoms with Crippen molar-refractivity contribution in [1.82, 2.24) is 16.0 Å². The predicted molar refractivity (Wildman–Crippen MR) is 113 cm³/mol. The predicted octanol–water partition coefficient (Wildman–Crippen LogP) is -1.49. The van der Waals surface area contributed by atoms with Gasteiger partial charge in [-0.05, 0) is 33.5 Å². The number of fused-ring (bicyclic) bond motifs is 2. The van der Waals surface area contributed by atoms with E-state index in [4.69, 9.17) is 14.2 Å². The van der Waals surface area contributed by atoms with E-state index >= 15 is 0 Å². The lowest BCUT2D eigenvalue weighted by Crippen LogP contribution is -2.79. The first-order chi connectivity index (χ1) is 16.1. The van der Waals surface area contributed by atoms with E-state index in [9.17, 15) is 28.9 Å². The number of amides is 1. The van der Waals surface area contributed by atoms with E-state index in [1.165, 1.54) is 12.1 Å². The van der Waals surface area contributed by atoms with Gasteiger partial charge in [0.25, 0.3) is 0 Å². The summed E-state index contributed by atoms with van der Waals surface area (Å²) in [5.74, 6) is -5.00. The van der Waals surface area contributed by atoms with E-state index in [1.807, 2.05) is 0 Å². The Bertz CT molecular complexity index is 911. The van der Waals surface area contributed by atoms with Gasteiger partial charge in [-0.1, -0.05) is 12.1 Å². The second-order valence-corrected chi connectivity index (χ2v) is 9.07. The Labute approximate surface area is 195 Å². The summed E-state index contributed by atoms with van der Waals surface area (Å²) in [4.78, 5) is 12.7. The number of hydrogen-bond acceptors (Lipinski definition) is 9. The Balaban J connectivity index is 1.56. The molecule has 0 radical (unpaired) electrons. The molecule has 0 spiro atoms. The standard InChI is InChI=1S/C22H31F2N3O7/c1-9-7-12(27-13(28)8-10-5-4-6-11(23)14(10)24)22(31)21(32-9)33-20-18(30)15(25-2)17(29)16(26-3)19(20)34-22/h4-6,9,12,15-21,25-26,29-31H,7-8H2,1-3H3,(H,27,28)/t9-,12-,15-,16+,17+,18+,19?,20?,21?,22?/m1/s1. The lowest BCUT2D eigenvalue weighted by Gasteiger charge is -2.58. The number of halogens is 2. The SMILES string of the molecule is CN[C@@H]1[C@H](O)[C@H](NC)C2OC3(O)C(OC2[C@H]1O)O[C@H](C)C[C@H]3NC(=O)Cc1cccc(F)c1F. The van der Waals surface area contributed by atoms with Crippen molar-refractivity contribution >= 4 is 5.91 Å². The van der Waals surface area contributed by atoms with Crippen LogP contribution in [0.4, 0.5) is 8.78 Å². The van der Waals surface area contributed by atoms with Crippen molar-refractivity contribution in [2.45, 2.75) is 80.5 Å². The Kier molecular flexibility index (Phi) is 7.23. The molecule has 190 valence electrons. The first-order valence-corrected chi connectivity index (χ1v) is 11.2. The van der Waals surface area contributed by atoms with Gasteiger partial charge in [0.05, 0.1) is 36.8 Å². The number of carbonyl (C=O) groups excluding carboxylic acids is 1. The van der Waals surface area contributed by atoms with E-state index in [-0.39, 0.29) is 12.0 Å². The minimum atomic E-state index is -2.16. The lowest BCUT2D eigenvalue weighted by atomic mass is 9.79. The zero-order valence-corrected chi connectivity index (χ0v) is 19.1. The number of aliphatic hydroxyl groups is 3. The van der Waals surface area contributed by atoms with Crippen molar-refractivity contribution in [3.05, 3.63) is 35.4 Å². The molecule has 2 saturated heterocycles. The maximum Gasteiger partial charge on any atom is 0.239 e. The molecule has 1 aromatic rings. The van der Waals surface area contributed by atoms with Crippen LogP contribution >= 0.6 is 0 Å². The molecule has 0 bridgehead atoms. The van der Waals surface area contributed by atoms with Gasteiger partial charge in [0.15, 0.2) is 11.6 Å². The van der Waals surface area contributed by atoms with Crippen molar-refractivity contribution in [1.29, 1.82) is 0 Å². The van der Waals surface area contributed by atoms with E-state index in [2.05, 4.69) is 16.0 Å². The molecular formula is C22H31F2N3O7. The van der Waals surface area contributed by atoms with Crippen molar-refractivity contribution in [3.63, 3.8) is 0 Å². The lowest BCUT2D eigenvalue weighted by molar-refractivity contribution is -0.449. The molecule has 3 fully saturated rings. The van der Waals surface area contributed by atoms with Crippen molar-refractivity contribution in [3.8, 4) is 0 Å². The Hall–Kier alpha value is -1.77. The van der Waals surface area contributed by atoms with Gasteiger partial charge in [0, 0.05) is 5.56 Å². The molecule has 4 rings (SSSR count). The second kappa shape index (κ2) is 9.70. The number of likely N-dealkylation sites (N-methyl/N-ethyl adjacent to an activating group) is 2. The number of hydrogen-bond donors (Lipinski definition) is 6. The number of rotatable bonds is 5.